The van der Waals surface area contributed by atoms with Crippen LogP contribution in [-0.4, -0.2) is 37.2 Å². The molecular weight excluding hydrogens is 901 g/mol. The summed E-state index contributed by atoms with van der Waals surface area (Å²) in [4.78, 5) is 38.2. The Morgan fingerprint density at radius 2 is 0.548 bits per heavy atom. The van der Waals surface area contributed by atoms with Crippen LogP contribution in [0.15, 0.2) is 97.2 Å². The van der Waals surface area contributed by atoms with E-state index in [0.717, 1.165) is 103 Å². The molecule has 6 heteroatoms. The van der Waals surface area contributed by atoms with E-state index in [1.54, 1.807) is 0 Å². The fraction of sp³-hybridized carbons (Fsp3) is 0.716. The number of carbonyl (C=O) groups is 3. The molecule has 0 heterocycles. The van der Waals surface area contributed by atoms with Crippen LogP contribution in [0.2, 0.25) is 0 Å². The molecule has 0 unspecified atom stereocenters. The quantitative estimate of drug-likeness (QED) is 0.0261. The minimum Gasteiger partial charge on any atom is -0.462 e. The molecule has 0 fully saturated rings. The van der Waals surface area contributed by atoms with E-state index < -0.39 is 6.10 Å². The summed E-state index contributed by atoms with van der Waals surface area (Å²) in [6.45, 7) is 6.46. The van der Waals surface area contributed by atoms with Crippen molar-refractivity contribution in [2.45, 2.75) is 297 Å². The van der Waals surface area contributed by atoms with Gasteiger partial charge in [-0.1, -0.05) is 272 Å². The summed E-state index contributed by atoms with van der Waals surface area (Å²) in [6.07, 6.45) is 81.3. The van der Waals surface area contributed by atoms with Gasteiger partial charge in [-0.25, -0.2) is 0 Å². The molecule has 0 aliphatic rings. The van der Waals surface area contributed by atoms with E-state index in [4.69, 9.17) is 14.2 Å². The lowest BCUT2D eigenvalue weighted by Crippen LogP contribution is -2.30. The Hall–Kier alpha value is -3.67. The Morgan fingerprint density at radius 1 is 0.288 bits per heavy atom. The molecule has 0 spiro atoms. The van der Waals surface area contributed by atoms with E-state index >= 15 is 0 Å². The second-order valence-electron chi connectivity index (χ2n) is 20.2. The number of rotatable bonds is 55. The van der Waals surface area contributed by atoms with Gasteiger partial charge in [0.05, 0.1) is 0 Å². The predicted octanol–water partition coefficient (Wildman–Crippen LogP) is 20.9. The Morgan fingerprint density at radius 3 is 0.904 bits per heavy atom. The molecule has 0 saturated heterocycles. The van der Waals surface area contributed by atoms with Crippen LogP contribution in [0.4, 0.5) is 0 Å². The van der Waals surface area contributed by atoms with Gasteiger partial charge in [-0.2, -0.15) is 0 Å². The molecule has 6 nitrogen and oxygen atoms in total. The second-order valence-corrected chi connectivity index (χ2v) is 20.2. The van der Waals surface area contributed by atoms with Crippen molar-refractivity contribution in [2.24, 2.45) is 0 Å². The maximum atomic E-state index is 12.9. The van der Waals surface area contributed by atoms with Gasteiger partial charge in [-0.3, -0.25) is 14.4 Å². The van der Waals surface area contributed by atoms with Crippen LogP contribution in [0.5, 0.6) is 0 Å². The van der Waals surface area contributed by atoms with Crippen molar-refractivity contribution in [3.63, 3.8) is 0 Å². The maximum absolute atomic E-state index is 12.9. The lowest BCUT2D eigenvalue weighted by molar-refractivity contribution is -0.167. The van der Waals surface area contributed by atoms with E-state index in [1.807, 2.05) is 0 Å². The minimum absolute atomic E-state index is 0.106. The number of carbonyl (C=O) groups excluding carboxylic acids is 3. The topological polar surface area (TPSA) is 78.9 Å². The number of allylic oxidation sites excluding steroid dienone is 16. The number of unbranched alkanes of at least 4 members (excludes halogenated alkanes) is 28. The van der Waals surface area contributed by atoms with E-state index in [9.17, 15) is 14.4 Å². The standard InChI is InChI=1S/C67H114O6/c1-4-7-10-13-16-19-22-25-28-31-32-33-34-37-39-42-45-48-51-54-57-60-66(69)72-63-64(73-67(70)61-58-55-52-49-46-43-40-36-30-27-24-21-18-15-12-9-6-3)62-71-65(68)59-56-53-50-47-44-41-38-35-29-26-23-20-17-14-11-8-5-2/h9,12,17-18,20-21,26-27,29-30,38,40-41,43,49,52,64H,4-8,10-11,13-16,19,22-25,28,31-37,39,42,44-48,50-51,53-63H2,1-3H3/b12-9-,20-17-,21-18-,29-26-,30-27-,41-38-,43-40-,52-49-/t64-/m1/s1. The molecule has 0 aliphatic carbocycles. The van der Waals surface area contributed by atoms with E-state index in [2.05, 4.69) is 118 Å². The molecule has 0 aromatic heterocycles. The van der Waals surface area contributed by atoms with Gasteiger partial charge >= 0.3 is 17.9 Å². The van der Waals surface area contributed by atoms with Gasteiger partial charge in [-0.05, 0) is 96.3 Å². The third-order valence-corrected chi connectivity index (χ3v) is 13.1. The first-order valence-electron chi connectivity index (χ1n) is 30.7. The zero-order chi connectivity index (χ0) is 52.9. The first-order valence-corrected chi connectivity index (χ1v) is 30.7. The predicted molar refractivity (Wildman–Crippen MR) is 316 cm³/mol. The van der Waals surface area contributed by atoms with Crippen molar-refractivity contribution in [3.05, 3.63) is 97.2 Å². The highest BCUT2D eigenvalue weighted by Crippen LogP contribution is 2.16. The van der Waals surface area contributed by atoms with Crippen LogP contribution < -0.4 is 0 Å². The van der Waals surface area contributed by atoms with Gasteiger partial charge in [0.25, 0.3) is 0 Å². The number of hydrogen-bond acceptors (Lipinski definition) is 6. The molecule has 0 amide bonds. The lowest BCUT2D eigenvalue weighted by atomic mass is 10.0. The molecule has 73 heavy (non-hydrogen) atoms. The minimum atomic E-state index is -0.817. The summed E-state index contributed by atoms with van der Waals surface area (Å²) in [5.41, 5.74) is 0. The van der Waals surface area contributed by atoms with Gasteiger partial charge in [0.1, 0.15) is 13.2 Å². The molecule has 0 saturated carbocycles. The normalized spacial score (nSPS) is 12.8. The van der Waals surface area contributed by atoms with Gasteiger partial charge < -0.3 is 14.2 Å². The van der Waals surface area contributed by atoms with E-state index in [0.29, 0.717) is 19.3 Å². The summed E-state index contributed by atoms with van der Waals surface area (Å²) < 4.78 is 16.8. The number of ether oxygens (including phenoxy) is 3. The van der Waals surface area contributed by atoms with Crippen molar-refractivity contribution in [1.29, 1.82) is 0 Å². The third kappa shape index (κ3) is 59.1. The molecule has 0 bridgehead atoms. The van der Waals surface area contributed by atoms with Crippen molar-refractivity contribution < 1.29 is 28.6 Å². The average Bonchev–Trinajstić information content (AvgIpc) is 3.39. The van der Waals surface area contributed by atoms with Crippen LogP contribution in [0.25, 0.3) is 0 Å². The summed E-state index contributed by atoms with van der Waals surface area (Å²) in [6, 6.07) is 0. The Bertz CT molecular complexity index is 1440. The fourth-order valence-electron chi connectivity index (χ4n) is 8.49. The first-order chi connectivity index (χ1) is 36.0. The van der Waals surface area contributed by atoms with Crippen molar-refractivity contribution >= 4 is 17.9 Å². The largest absolute Gasteiger partial charge is 0.462 e. The highest BCUT2D eigenvalue weighted by atomic mass is 16.6. The van der Waals surface area contributed by atoms with Gasteiger partial charge in [0.15, 0.2) is 6.10 Å². The Labute approximate surface area is 451 Å². The molecule has 1 atom stereocenters. The molecule has 0 N–H and O–H groups in total. The number of hydrogen-bond donors (Lipinski definition) is 0. The molecule has 418 valence electrons. The molecule has 0 radical (unpaired) electrons. The van der Waals surface area contributed by atoms with Crippen molar-refractivity contribution in [2.75, 3.05) is 13.2 Å². The van der Waals surface area contributed by atoms with Crippen LogP contribution in [0.3, 0.4) is 0 Å². The zero-order valence-electron chi connectivity index (χ0n) is 47.9. The summed E-state index contributed by atoms with van der Waals surface area (Å²) in [5, 5.41) is 0. The molecule has 0 rings (SSSR count). The van der Waals surface area contributed by atoms with Crippen LogP contribution in [0, 0.1) is 0 Å². The summed E-state index contributed by atoms with van der Waals surface area (Å²) >= 11 is 0. The Balaban J connectivity index is 4.45. The first kappa shape index (κ1) is 69.3. The average molecular weight is 1020 g/mol. The SMILES string of the molecule is CC/C=C\C/C=C\C/C=C\C/C=C\C/C=C\CCCC(=O)O[C@H](COC(=O)CCCCCC/C=C\C/C=C\C/C=C\CCCCC)COC(=O)CCCCCCCCCCCCCCCCCCCCCCC. The van der Waals surface area contributed by atoms with Crippen LogP contribution >= 0.6 is 0 Å². The zero-order valence-corrected chi connectivity index (χ0v) is 47.9. The highest BCUT2D eigenvalue weighted by molar-refractivity contribution is 5.71. The number of esters is 3. The highest BCUT2D eigenvalue weighted by Gasteiger charge is 2.19. The molecular formula is C67H114O6. The Kier molecular flexibility index (Phi) is 57.8. The van der Waals surface area contributed by atoms with Crippen LogP contribution in [0.1, 0.15) is 290 Å². The van der Waals surface area contributed by atoms with E-state index in [1.165, 1.54) is 141 Å². The van der Waals surface area contributed by atoms with Crippen molar-refractivity contribution in [3.8, 4) is 0 Å². The van der Waals surface area contributed by atoms with Gasteiger partial charge in [0, 0.05) is 19.3 Å². The van der Waals surface area contributed by atoms with Crippen LogP contribution in [-0.2, 0) is 28.6 Å². The monoisotopic (exact) mass is 1010 g/mol. The van der Waals surface area contributed by atoms with E-state index in [-0.39, 0.29) is 37.5 Å². The van der Waals surface area contributed by atoms with Gasteiger partial charge in [-0.15, -0.1) is 0 Å². The van der Waals surface area contributed by atoms with Crippen molar-refractivity contribution in [1.82, 2.24) is 0 Å². The smallest absolute Gasteiger partial charge is 0.306 e. The molecule has 0 aromatic rings. The second kappa shape index (κ2) is 60.9. The summed E-state index contributed by atoms with van der Waals surface area (Å²) in [5.74, 6) is -0.979. The fourth-order valence-corrected chi connectivity index (χ4v) is 8.49. The molecule has 0 aliphatic heterocycles. The molecule has 0 aromatic carbocycles. The third-order valence-electron chi connectivity index (χ3n) is 13.1. The lowest BCUT2D eigenvalue weighted by Gasteiger charge is -2.18. The maximum Gasteiger partial charge on any atom is 0.306 e. The summed E-state index contributed by atoms with van der Waals surface area (Å²) in [7, 11) is 0. The van der Waals surface area contributed by atoms with Gasteiger partial charge in [0.2, 0.25) is 0 Å².